The number of rotatable bonds is 7. The van der Waals surface area contributed by atoms with Crippen LogP contribution in [0.2, 0.25) is 0 Å². The van der Waals surface area contributed by atoms with Gasteiger partial charge in [0.15, 0.2) is 5.16 Å². The van der Waals surface area contributed by atoms with E-state index in [0.717, 1.165) is 24.2 Å². The Balaban J connectivity index is 1.92. The van der Waals surface area contributed by atoms with Crippen LogP contribution in [0.1, 0.15) is 45.0 Å². The van der Waals surface area contributed by atoms with Crippen LogP contribution in [0.4, 0.5) is 0 Å². The molecule has 0 unspecified atom stereocenters. The Morgan fingerprint density at radius 2 is 2.00 bits per heavy atom. The van der Waals surface area contributed by atoms with E-state index in [1.807, 2.05) is 31.2 Å². The van der Waals surface area contributed by atoms with E-state index >= 15 is 0 Å². The first-order valence-corrected chi connectivity index (χ1v) is 8.97. The lowest BCUT2D eigenvalue weighted by molar-refractivity contribution is -0.119. The number of amides is 1. The summed E-state index contributed by atoms with van der Waals surface area (Å²) in [4.78, 5) is 16.4. The highest BCUT2D eigenvalue weighted by Crippen LogP contribution is 2.18. The molecule has 0 saturated heterocycles. The molecule has 0 aliphatic carbocycles. The summed E-state index contributed by atoms with van der Waals surface area (Å²) >= 11 is 1.39. The van der Waals surface area contributed by atoms with Gasteiger partial charge in [-0.1, -0.05) is 25.6 Å². The first kappa shape index (κ1) is 17.7. The smallest absolute Gasteiger partial charge is 0.256 e. The number of fused-ring (bicyclic) bond motifs is 1. The third-order valence-electron chi connectivity index (χ3n) is 3.58. The number of aryl methyl sites for hydroxylation is 2. The third kappa shape index (κ3) is 4.92. The van der Waals surface area contributed by atoms with Crippen molar-refractivity contribution in [3.63, 3.8) is 0 Å². The van der Waals surface area contributed by atoms with Crippen LogP contribution in [-0.2, 0) is 4.79 Å². The van der Waals surface area contributed by atoms with Gasteiger partial charge in [0.2, 0.25) is 5.91 Å². The first-order valence-electron chi connectivity index (χ1n) is 7.98. The molecule has 0 bridgehead atoms. The zero-order valence-electron chi connectivity index (χ0n) is 14.5. The quantitative estimate of drug-likeness (QED) is 0.788. The number of carbonyl (C=O) groups excluding carboxylic acids is 1. The molecule has 0 fully saturated rings. The molecule has 1 atom stereocenters. The summed E-state index contributed by atoms with van der Waals surface area (Å²) in [6, 6.07) is 2.18. The van der Waals surface area contributed by atoms with Crippen molar-refractivity contribution < 1.29 is 4.79 Å². The van der Waals surface area contributed by atoms with E-state index in [1.54, 1.807) is 0 Å². The van der Waals surface area contributed by atoms with Gasteiger partial charge < -0.3 is 5.32 Å². The van der Waals surface area contributed by atoms with E-state index in [-0.39, 0.29) is 11.9 Å². The van der Waals surface area contributed by atoms with Gasteiger partial charge in [0, 0.05) is 17.4 Å². The predicted octanol–water partition coefficient (Wildman–Crippen LogP) is 2.77. The van der Waals surface area contributed by atoms with Gasteiger partial charge in [-0.2, -0.15) is 0 Å². The molecule has 0 aliphatic heterocycles. The molecule has 2 aromatic rings. The van der Waals surface area contributed by atoms with Crippen LogP contribution in [0.25, 0.3) is 5.78 Å². The number of hydrogen-bond acceptors (Lipinski definition) is 5. The zero-order chi connectivity index (χ0) is 17.0. The Labute approximate surface area is 141 Å². The Morgan fingerprint density at radius 1 is 1.26 bits per heavy atom. The van der Waals surface area contributed by atoms with Gasteiger partial charge in [-0.3, -0.25) is 9.20 Å². The molecule has 1 amide bonds. The van der Waals surface area contributed by atoms with Crippen molar-refractivity contribution in [3.05, 3.63) is 17.5 Å². The molecular formula is C16H25N5OS. The second-order valence-electron chi connectivity index (χ2n) is 6.39. The molecule has 7 heteroatoms. The zero-order valence-corrected chi connectivity index (χ0v) is 15.3. The number of thioether (sulfide) groups is 1. The van der Waals surface area contributed by atoms with Crippen LogP contribution >= 0.6 is 11.8 Å². The van der Waals surface area contributed by atoms with Gasteiger partial charge in [-0.15, -0.1) is 10.2 Å². The fraction of sp³-hybridized carbons (Fsp3) is 0.625. The predicted molar refractivity (Wildman–Crippen MR) is 92.7 cm³/mol. The Morgan fingerprint density at radius 3 is 2.70 bits per heavy atom. The molecule has 0 saturated carbocycles. The molecule has 2 heterocycles. The summed E-state index contributed by atoms with van der Waals surface area (Å²) in [6.07, 6.45) is 2.12. The van der Waals surface area contributed by atoms with Crippen LogP contribution in [0.5, 0.6) is 0 Å². The average molecular weight is 335 g/mol. The lowest BCUT2D eigenvalue weighted by Gasteiger charge is -2.14. The standard InChI is InChI=1S/C16H25N5OS/c1-10(2)6-7-11(3)17-14(22)9-23-16-20-19-15-18-12(4)8-13(5)21(15)16/h8,10-11H,6-7,9H2,1-5H3,(H,17,22)/t11-/m1/s1. The highest BCUT2D eigenvalue weighted by molar-refractivity contribution is 7.99. The van der Waals surface area contributed by atoms with Crippen LogP contribution in [0.3, 0.4) is 0 Å². The average Bonchev–Trinajstić information content (AvgIpc) is 2.86. The van der Waals surface area contributed by atoms with E-state index in [2.05, 4.69) is 34.3 Å². The molecule has 2 aromatic heterocycles. The molecule has 0 spiro atoms. The summed E-state index contributed by atoms with van der Waals surface area (Å²) < 4.78 is 1.88. The molecule has 0 aromatic carbocycles. The van der Waals surface area contributed by atoms with Crippen molar-refractivity contribution in [2.75, 3.05) is 5.75 Å². The summed E-state index contributed by atoms with van der Waals surface area (Å²) in [6.45, 7) is 10.4. The van der Waals surface area contributed by atoms with Crippen molar-refractivity contribution >= 4 is 23.4 Å². The lowest BCUT2D eigenvalue weighted by atomic mass is 10.0. The van der Waals surface area contributed by atoms with Crippen LogP contribution < -0.4 is 5.32 Å². The second kappa shape index (κ2) is 7.77. The fourth-order valence-corrected chi connectivity index (χ4v) is 3.19. The van der Waals surface area contributed by atoms with Gasteiger partial charge >= 0.3 is 0 Å². The maximum atomic E-state index is 12.1. The van der Waals surface area contributed by atoms with Gasteiger partial charge in [0.25, 0.3) is 5.78 Å². The molecule has 126 valence electrons. The number of aromatic nitrogens is 4. The maximum absolute atomic E-state index is 12.1. The molecule has 2 rings (SSSR count). The molecule has 6 nitrogen and oxygen atoms in total. The highest BCUT2D eigenvalue weighted by atomic mass is 32.2. The fourth-order valence-electron chi connectivity index (χ4n) is 2.40. The summed E-state index contributed by atoms with van der Waals surface area (Å²) in [5, 5.41) is 12.0. The van der Waals surface area contributed by atoms with Gasteiger partial charge in [0.05, 0.1) is 5.75 Å². The van der Waals surface area contributed by atoms with Gasteiger partial charge in [-0.05, 0) is 45.6 Å². The van der Waals surface area contributed by atoms with Crippen molar-refractivity contribution in [1.29, 1.82) is 0 Å². The van der Waals surface area contributed by atoms with E-state index in [0.29, 0.717) is 22.6 Å². The number of hydrogen-bond donors (Lipinski definition) is 1. The maximum Gasteiger partial charge on any atom is 0.256 e. The van der Waals surface area contributed by atoms with E-state index in [4.69, 9.17) is 0 Å². The van der Waals surface area contributed by atoms with E-state index in [1.165, 1.54) is 11.8 Å². The van der Waals surface area contributed by atoms with Crippen molar-refractivity contribution in [1.82, 2.24) is 24.9 Å². The topological polar surface area (TPSA) is 72.2 Å². The minimum absolute atomic E-state index is 0.0285. The van der Waals surface area contributed by atoms with Crippen LogP contribution in [-0.4, -0.2) is 37.3 Å². The Hall–Kier alpha value is -1.63. The number of carbonyl (C=O) groups is 1. The molecule has 0 aliphatic rings. The van der Waals surface area contributed by atoms with Gasteiger partial charge in [-0.25, -0.2) is 4.98 Å². The lowest BCUT2D eigenvalue weighted by Crippen LogP contribution is -2.34. The van der Waals surface area contributed by atoms with Crippen molar-refractivity contribution in [2.24, 2.45) is 5.92 Å². The third-order valence-corrected chi connectivity index (χ3v) is 4.51. The SMILES string of the molecule is Cc1cc(C)n2c(SCC(=O)N[C@H](C)CCC(C)C)nnc2n1. The summed E-state index contributed by atoms with van der Waals surface area (Å²) in [7, 11) is 0. The van der Waals surface area contributed by atoms with Crippen molar-refractivity contribution in [2.45, 2.75) is 58.7 Å². The molecule has 1 N–H and O–H groups in total. The summed E-state index contributed by atoms with van der Waals surface area (Å²) in [5.41, 5.74) is 1.93. The van der Waals surface area contributed by atoms with Crippen LogP contribution in [0.15, 0.2) is 11.2 Å². The molecule has 23 heavy (non-hydrogen) atoms. The summed E-state index contributed by atoms with van der Waals surface area (Å²) in [5.74, 6) is 1.60. The van der Waals surface area contributed by atoms with Gasteiger partial charge in [0.1, 0.15) is 0 Å². The van der Waals surface area contributed by atoms with Crippen molar-refractivity contribution in [3.8, 4) is 0 Å². The largest absolute Gasteiger partial charge is 0.353 e. The minimum atomic E-state index is 0.0285. The number of nitrogens with one attached hydrogen (secondary N) is 1. The molecule has 0 radical (unpaired) electrons. The normalized spacial score (nSPS) is 12.8. The highest BCUT2D eigenvalue weighted by Gasteiger charge is 2.13. The monoisotopic (exact) mass is 335 g/mol. The minimum Gasteiger partial charge on any atom is -0.353 e. The Bertz CT molecular complexity index is 682. The van der Waals surface area contributed by atoms with E-state index < -0.39 is 0 Å². The molecular weight excluding hydrogens is 310 g/mol. The first-order chi connectivity index (χ1) is 10.9. The van der Waals surface area contributed by atoms with Crippen LogP contribution in [0, 0.1) is 19.8 Å². The number of nitrogens with zero attached hydrogens (tertiary/aromatic N) is 4. The Kier molecular flexibility index (Phi) is 5.98. The second-order valence-corrected chi connectivity index (χ2v) is 7.33. The van der Waals surface area contributed by atoms with E-state index in [9.17, 15) is 4.79 Å².